The van der Waals surface area contributed by atoms with E-state index in [0.717, 1.165) is 12.8 Å². The predicted molar refractivity (Wildman–Crippen MR) is 85.1 cm³/mol. The number of sulfone groups is 1. The van der Waals surface area contributed by atoms with E-state index in [9.17, 15) is 18.3 Å². The second-order valence-electron chi connectivity index (χ2n) is 6.84. The maximum atomic E-state index is 12.0. The van der Waals surface area contributed by atoms with E-state index < -0.39 is 26.5 Å². The molecule has 0 unspecified atom stereocenters. The van der Waals surface area contributed by atoms with Crippen LogP contribution in [-0.4, -0.2) is 30.5 Å². The van der Waals surface area contributed by atoms with Crippen molar-refractivity contribution in [2.75, 3.05) is 5.75 Å². The molecule has 124 valence electrons. The Labute approximate surface area is 129 Å². The van der Waals surface area contributed by atoms with Crippen molar-refractivity contribution in [2.24, 2.45) is 11.3 Å². The van der Waals surface area contributed by atoms with Crippen LogP contribution in [0.1, 0.15) is 72.1 Å². The molecule has 1 aliphatic carbocycles. The van der Waals surface area contributed by atoms with Gasteiger partial charge in [-0.3, -0.25) is 4.79 Å². The van der Waals surface area contributed by atoms with Crippen LogP contribution in [-0.2, 0) is 14.6 Å². The van der Waals surface area contributed by atoms with Gasteiger partial charge in [-0.15, -0.1) is 0 Å². The summed E-state index contributed by atoms with van der Waals surface area (Å²) in [5.41, 5.74) is -0.815. The molecule has 21 heavy (non-hydrogen) atoms. The Morgan fingerprint density at radius 2 is 1.86 bits per heavy atom. The van der Waals surface area contributed by atoms with E-state index in [2.05, 4.69) is 6.92 Å². The molecular weight excluding hydrogens is 288 g/mol. The van der Waals surface area contributed by atoms with E-state index in [1.54, 1.807) is 13.8 Å². The first-order chi connectivity index (χ1) is 9.73. The van der Waals surface area contributed by atoms with E-state index >= 15 is 0 Å². The summed E-state index contributed by atoms with van der Waals surface area (Å²) in [6.45, 7) is 5.48. The van der Waals surface area contributed by atoms with Crippen LogP contribution in [0.3, 0.4) is 0 Å². The highest BCUT2D eigenvalue weighted by atomic mass is 32.2. The molecule has 1 N–H and O–H groups in total. The first-order valence-corrected chi connectivity index (χ1v) is 9.90. The van der Waals surface area contributed by atoms with Gasteiger partial charge in [0.2, 0.25) is 0 Å². The molecule has 0 heterocycles. The van der Waals surface area contributed by atoms with Crippen molar-refractivity contribution >= 4 is 15.8 Å². The van der Waals surface area contributed by atoms with Crippen molar-refractivity contribution < 1.29 is 18.3 Å². The molecule has 5 heteroatoms. The third-order valence-electron chi connectivity index (χ3n) is 5.07. The normalized spacial score (nSPS) is 27.0. The second kappa shape index (κ2) is 7.61. The predicted octanol–water partition coefficient (Wildman–Crippen LogP) is 3.65. The number of aliphatic carboxylic acids is 1. The average Bonchev–Trinajstić information content (AvgIpc) is 2.43. The summed E-state index contributed by atoms with van der Waals surface area (Å²) in [6, 6.07) is 0. The van der Waals surface area contributed by atoms with E-state index in [-0.39, 0.29) is 12.2 Å². The van der Waals surface area contributed by atoms with Gasteiger partial charge < -0.3 is 5.11 Å². The van der Waals surface area contributed by atoms with Gasteiger partial charge in [0, 0.05) is 0 Å². The minimum atomic E-state index is -3.16. The van der Waals surface area contributed by atoms with Crippen molar-refractivity contribution in [1.29, 1.82) is 0 Å². The molecule has 1 aliphatic rings. The van der Waals surface area contributed by atoms with Gasteiger partial charge in [-0.05, 0) is 51.9 Å². The van der Waals surface area contributed by atoms with Crippen LogP contribution >= 0.6 is 0 Å². The summed E-state index contributed by atoms with van der Waals surface area (Å²) in [5, 5.41) is 9.17. The third kappa shape index (κ3) is 4.97. The SMILES string of the molecule is CCCCC1CCC(CCS(=O)(=O)C(C)C)(C(=O)O)CC1. The zero-order valence-corrected chi connectivity index (χ0v) is 14.4. The van der Waals surface area contributed by atoms with Crippen molar-refractivity contribution in [3.05, 3.63) is 0 Å². The van der Waals surface area contributed by atoms with Crippen LogP contribution in [0.4, 0.5) is 0 Å². The minimum Gasteiger partial charge on any atom is -0.481 e. The van der Waals surface area contributed by atoms with E-state index in [1.807, 2.05) is 0 Å². The summed E-state index contributed by atoms with van der Waals surface area (Å²) >= 11 is 0. The molecule has 0 aromatic carbocycles. The van der Waals surface area contributed by atoms with E-state index in [0.29, 0.717) is 18.8 Å². The van der Waals surface area contributed by atoms with Crippen molar-refractivity contribution in [2.45, 2.75) is 77.4 Å². The van der Waals surface area contributed by atoms with E-state index in [1.165, 1.54) is 19.3 Å². The molecule has 1 rings (SSSR count). The van der Waals surface area contributed by atoms with Crippen LogP contribution in [0, 0.1) is 11.3 Å². The van der Waals surface area contributed by atoms with Gasteiger partial charge in [-0.2, -0.15) is 0 Å². The van der Waals surface area contributed by atoms with Crippen LogP contribution in [0.2, 0.25) is 0 Å². The lowest BCUT2D eigenvalue weighted by Gasteiger charge is -2.37. The first kappa shape index (κ1) is 18.5. The van der Waals surface area contributed by atoms with Crippen molar-refractivity contribution in [3.63, 3.8) is 0 Å². The number of hydrogen-bond donors (Lipinski definition) is 1. The lowest BCUT2D eigenvalue weighted by molar-refractivity contribution is -0.151. The number of carboxylic acid groups (broad SMARTS) is 1. The fourth-order valence-electron chi connectivity index (χ4n) is 3.16. The summed E-state index contributed by atoms with van der Waals surface area (Å²) in [6.07, 6.45) is 6.93. The Morgan fingerprint density at radius 1 is 1.29 bits per heavy atom. The lowest BCUT2D eigenvalue weighted by atomic mass is 9.68. The molecule has 1 fully saturated rings. The van der Waals surface area contributed by atoms with Gasteiger partial charge in [0.25, 0.3) is 0 Å². The molecule has 0 aromatic rings. The van der Waals surface area contributed by atoms with Gasteiger partial charge in [0.15, 0.2) is 9.84 Å². The van der Waals surface area contributed by atoms with Crippen LogP contribution < -0.4 is 0 Å². The summed E-state index contributed by atoms with van der Waals surface area (Å²) < 4.78 is 23.9. The minimum absolute atomic E-state index is 0.00338. The monoisotopic (exact) mass is 318 g/mol. The van der Waals surface area contributed by atoms with E-state index in [4.69, 9.17) is 0 Å². The number of rotatable bonds is 8. The highest BCUT2D eigenvalue weighted by Crippen LogP contribution is 2.43. The van der Waals surface area contributed by atoms with Crippen LogP contribution in [0.5, 0.6) is 0 Å². The summed E-state index contributed by atoms with van der Waals surface area (Å²) in [4.78, 5) is 11.7. The molecule has 0 radical (unpaired) electrons. The summed E-state index contributed by atoms with van der Waals surface area (Å²) in [7, 11) is -3.16. The zero-order chi connectivity index (χ0) is 16.1. The number of carboxylic acids is 1. The van der Waals surface area contributed by atoms with Gasteiger partial charge in [-0.25, -0.2) is 8.42 Å². The quantitative estimate of drug-likeness (QED) is 0.741. The first-order valence-electron chi connectivity index (χ1n) is 8.18. The third-order valence-corrected chi connectivity index (χ3v) is 7.27. The molecule has 0 aromatic heterocycles. The Hall–Kier alpha value is -0.580. The molecule has 0 aliphatic heterocycles. The molecule has 0 bridgehead atoms. The fourth-order valence-corrected chi connectivity index (χ4v) is 4.30. The van der Waals surface area contributed by atoms with Gasteiger partial charge in [-0.1, -0.05) is 26.2 Å². The Kier molecular flexibility index (Phi) is 6.70. The lowest BCUT2D eigenvalue weighted by Crippen LogP contribution is -2.37. The maximum absolute atomic E-state index is 12.0. The van der Waals surface area contributed by atoms with Gasteiger partial charge >= 0.3 is 5.97 Å². The smallest absolute Gasteiger partial charge is 0.309 e. The largest absolute Gasteiger partial charge is 0.481 e. The highest BCUT2D eigenvalue weighted by molar-refractivity contribution is 7.91. The Bertz CT molecular complexity index is 431. The van der Waals surface area contributed by atoms with Gasteiger partial charge in [0.1, 0.15) is 0 Å². The van der Waals surface area contributed by atoms with Crippen molar-refractivity contribution in [1.82, 2.24) is 0 Å². The maximum Gasteiger partial charge on any atom is 0.309 e. The van der Waals surface area contributed by atoms with Crippen LogP contribution in [0.15, 0.2) is 0 Å². The Morgan fingerprint density at radius 3 is 2.29 bits per heavy atom. The molecule has 4 nitrogen and oxygen atoms in total. The molecule has 0 atom stereocenters. The zero-order valence-electron chi connectivity index (χ0n) is 13.6. The van der Waals surface area contributed by atoms with Crippen LogP contribution in [0.25, 0.3) is 0 Å². The van der Waals surface area contributed by atoms with Gasteiger partial charge in [0.05, 0.1) is 16.4 Å². The molecule has 0 spiro atoms. The number of unbranched alkanes of at least 4 members (excludes halogenated alkanes) is 1. The Balaban J connectivity index is 2.64. The average molecular weight is 318 g/mol. The fraction of sp³-hybridized carbons (Fsp3) is 0.938. The second-order valence-corrected chi connectivity index (χ2v) is 9.51. The summed E-state index contributed by atoms with van der Waals surface area (Å²) in [5.74, 6) is -0.189. The van der Waals surface area contributed by atoms with Crippen molar-refractivity contribution in [3.8, 4) is 0 Å². The number of hydrogen-bond acceptors (Lipinski definition) is 3. The molecule has 0 saturated heterocycles. The topological polar surface area (TPSA) is 71.4 Å². The molecule has 1 saturated carbocycles. The highest BCUT2D eigenvalue weighted by Gasteiger charge is 2.42. The number of carbonyl (C=O) groups is 1. The molecular formula is C16H30O4S. The molecule has 0 amide bonds. The standard InChI is InChI=1S/C16H30O4S/c1-4-5-6-14-7-9-16(10-8-14,15(17)18)11-12-21(19,20)13(2)3/h13-14H,4-12H2,1-3H3,(H,17,18).